The normalized spacial score (nSPS) is 13.0. The van der Waals surface area contributed by atoms with E-state index < -0.39 is 5.91 Å². The number of amides is 3. The predicted octanol–water partition coefficient (Wildman–Crippen LogP) is 4.66. The lowest BCUT2D eigenvalue weighted by Crippen LogP contribution is -2.42. The Morgan fingerprint density at radius 1 is 1.14 bits per heavy atom. The summed E-state index contributed by atoms with van der Waals surface area (Å²) >= 11 is 0. The molecule has 0 atom stereocenters. The Bertz CT molecular complexity index is 1410. The maximum Gasteiger partial charge on any atom is 0.266 e. The van der Waals surface area contributed by atoms with Crippen molar-refractivity contribution in [2.45, 2.75) is 33.7 Å². The van der Waals surface area contributed by atoms with E-state index in [4.69, 9.17) is 0 Å². The fourth-order valence-corrected chi connectivity index (χ4v) is 4.31. The first-order chi connectivity index (χ1) is 17.3. The second kappa shape index (κ2) is 10.3. The van der Waals surface area contributed by atoms with Crippen LogP contribution in [0.25, 0.3) is 6.08 Å². The van der Waals surface area contributed by atoms with Crippen LogP contribution >= 0.6 is 0 Å². The van der Waals surface area contributed by atoms with Crippen molar-refractivity contribution in [2.75, 3.05) is 22.1 Å². The molecule has 0 saturated heterocycles. The maximum atomic E-state index is 13.1. The largest absolute Gasteiger partial charge is 0.349 e. The summed E-state index contributed by atoms with van der Waals surface area (Å²) < 4.78 is 2.17. The topological polar surface area (TPSA) is 107 Å². The Hall–Kier alpha value is -4.64. The van der Waals surface area contributed by atoms with E-state index >= 15 is 0 Å². The van der Waals surface area contributed by atoms with Crippen LogP contribution in [0.5, 0.6) is 0 Å². The van der Waals surface area contributed by atoms with E-state index in [0.717, 1.165) is 29.9 Å². The second-order valence-corrected chi connectivity index (χ2v) is 8.64. The summed E-state index contributed by atoms with van der Waals surface area (Å²) in [7, 11) is 0. The van der Waals surface area contributed by atoms with Gasteiger partial charge in [-0.15, -0.1) is 0 Å². The molecule has 0 radical (unpaired) electrons. The number of carbonyl (C=O) groups excluding carboxylic acids is 3. The number of para-hydroxylation sites is 2. The highest BCUT2D eigenvalue weighted by molar-refractivity contribution is 6.15. The van der Waals surface area contributed by atoms with Crippen LogP contribution in [0.3, 0.4) is 0 Å². The standard InChI is InChI=1S/C28H27N5O3/c1-4-13-32-18(2)14-21(19(32)3)15-22(16-29)27(35)30-23-11-9-20(10-12-23)28(36)33-17-26(34)31-24-7-5-6-8-25(24)33/h5-12,14-15H,4,13,17H2,1-3H3,(H,30,35)(H,31,34)/b22-15-. The maximum absolute atomic E-state index is 13.1. The number of aryl methyl sites for hydroxylation is 1. The second-order valence-electron chi connectivity index (χ2n) is 8.64. The Labute approximate surface area is 209 Å². The highest BCUT2D eigenvalue weighted by Crippen LogP contribution is 2.30. The monoisotopic (exact) mass is 481 g/mol. The van der Waals surface area contributed by atoms with Crippen LogP contribution in [0, 0.1) is 25.2 Å². The summed E-state index contributed by atoms with van der Waals surface area (Å²) in [6.45, 7) is 6.87. The zero-order valence-electron chi connectivity index (χ0n) is 20.5. The third kappa shape index (κ3) is 4.91. The van der Waals surface area contributed by atoms with Gasteiger partial charge in [-0.3, -0.25) is 19.3 Å². The summed E-state index contributed by atoms with van der Waals surface area (Å²) in [4.78, 5) is 39.4. The number of rotatable bonds is 6. The molecule has 0 spiro atoms. The number of aromatic nitrogens is 1. The van der Waals surface area contributed by atoms with E-state index in [1.165, 1.54) is 4.90 Å². The molecular weight excluding hydrogens is 454 g/mol. The molecule has 0 unspecified atom stereocenters. The van der Waals surface area contributed by atoms with Crippen molar-refractivity contribution >= 4 is 40.9 Å². The SMILES string of the molecule is CCCn1c(C)cc(/C=C(/C#N)C(=O)Nc2ccc(C(=O)N3CC(=O)Nc4ccccc43)cc2)c1C. The van der Waals surface area contributed by atoms with E-state index in [-0.39, 0.29) is 23.9 Å². The van der Waals surface area contributed by atoms with Gasteiger partial charge in [0, 0.05) is 29.2 Å². The van der Waals surface area contributed by atoms with Gasteiger partial charge < -0.3 is 15.2 Å². The van der Waals surface area contributed by atoms with Gasteiger partial charge in [-0.05, 0) is 74.4 Å². The number of fused-ring (bicyclic) bond motifs is 1. The van der Waals surface area contributed by atoms with Gasteiger partial charge in [-0.25, -0.2) is 0 Å². The highest BCUT2D eigenvalue weighted by Gasteiger charge is 2.27. The molecule has 0 saturated carbocycles. The van der Waals surface area contributed by atoms with Crippen molar-refractivity contribution in [3.8, 4) is 6.07 Å². The van der Waals surface area contributed by atoms with Crippen LogP contribution < -0.4 is 15.5 Å². The summed E-state index contributed by atoms with van der Waals surface area (Å²) in [6, 6.07) is 17.4. The molecule has 1 aliphatic rings. The van der Waals surface area contributed by atoms with Crippen LogP contribution in [0.15, 0.2) is 60.2 Å². The molecule has 2 heterocycles. The van der Waals surface area contributed by atoms with Gasteiger partial charge in [-0.1, -0.05) is 19.1 Å². The number of carbonyl (C=O) groups is 3. The molecule has 3 amide bonds. The number of anilines is 3. The first kappa shape index (κ1) is 24.5. The van der Waals surface area contributed by atoms with Gasteiger partial charge in [0.2, 0.25) is 5.91 Å². The molecule has 1 aliphatic heterocycles. The smallest absolute Gasteiger partial charge is 0.266 e. The van der Waals surface area contributed by atoms with Crippen molar-refractivity contribution < 1.29 is 14.4 Å². The van der Waals surface area contributed by atoms with Crippen molar-refractivity contribution in [3.63, 3.8) is 0 Å². The Kier molecular flexibility index (Phi) is 7.02. The van der Waals surface area contributed by atoms with Crippen LogP contribution in [-0.2, 0) is 16.1 Å². The molecule has 0 fully saturated rings. The number of hydrogen-bond acceptors (Lipinski definition) is 4. The number of hydrogen-bond donors (Lipinski definition) is 2. The lowest BCUT2D eigenvalue weighted by atomic mass is 10.1. The van der Waals surface area contributed by atoms with E-state index in [0.29, 0.717) is 22.6 Å². The molecule has 1 aromatic heterocycles. The summed E-state index contributed by atoms with van der Waals surface area (Å²) in [5.41, 5.74) is 4.93. The fraction of sp³-hybridized carbons (Fsp3) is 0.214. The Balaban J connectivity index is 1.50. The molecule has 2 aromatic carbocycles. The Morgan fingerprint density at radius 3 is 2.56 bits per heavy atom. The van der Waals surface area contributed by atoms with E-state index in [1.54, 1.807) is 54.6 Å². The van der Waals surface area contributed by atoms with E-state index in [9.17, 15) is 19.6 Å². The number of nitrogens with one attached hydrogen (secondary N) is 2. The molecular formula is C28H27N5O3. The lowest BCUT2D eigenvalue weighted by Gasteiger charge is -2.29. The van der Waals surface area contributed by atoms with Gasteiger partial charge in [0.25, 0.3) is 11.8 Å². The van der Waals surface area contributed by atoms with E-state index in [2.05, 4.69) is 22.1 Å². The summed E-state index contributed by atoms with van der Waals surface area (Å²) in [5, 5.41) is 15.1. The summed E-state index contributed by atoms with van der Waals surface area (Å²) in [5.74, 6) is -1.12. The molecule has 36 heavy (non-hydrogen) atoms. The van der Waals surface area contributed by atoms with Crippen LogP contribution in [0.2, 0.25) is 0 Å². The van der Waals surface area contributed by atoms with Crippen LogP contribution in [0.4, 0.5) is 17.1 Å². The minimum Gasteiger partial charge on any atom is -0.349 e. The van der Waals surface area contributed by atoms with Gasteiger partial charge in [0.05, 0.1) is 11.4 Å². The average Bonchev–Trinajstić information content (AvgIpc) is 3.14. The van der Waals surface area contributed by atoms with Gasteiger partial charge >= 0.3 is 0 Å². The van der Waals surface area contributed by atoms with Crippen molar-refractivity contribution in [1.82, 2.24) is 4.57 Å². The third-order valence-corrected chi connectivity index (χ3v) is 6.13. The van der Waals surface area contributed by atoms with Gasteiger partial charge in [0.1, 0.15) is 18.2 Å². The quantitative estimate of drug-likeness (QED) is 0.394. The average molecular weight is 482 g/mol. The molecule has 8 heteroatoms. The van der Waals surface area contributed by atoms with E-state index in [1.807, 2.05) is 26.0 Å². The van der Waals surface area contributed by atoms with Crippen molar-refractivity contribution in [3.05, 3.63) is 82.7 Å². The predicted molar refractivity (Wildman–Crippen MR) is 140 cm³/mol. The van der Waals surface area contributed by atoms with Crippen molar-refractivity contribution in [2.24, 2.45) is 0 Å². The molecule has 182 valence electrons. The zero-order chi connectivity index (χ0) is 25.8. The van der Waals surface area contributed by atoms with Crippen LogP contribution in [0.1, 0.15) is 40.7 Å². The molecule has 0 aliphatic carbocycles. The zero-order valence-corrected chi connectivity index (χ0v) is 20.5. The first-order valence-corrected chi connectivity index (χ1v) is 11.7. The number of nitriles is 1. The van der Waals surface area contributed by atoms with Gasteiger partial charge in [-0.2, -0.15) is 5.26 Å². The number of nitrogens with zero attached hydrogens (tertiary/aromatic N) is 3. The number of benzene rings is 2. The van der Waals surface area contributed by atoms with Crippen LogP contribution in [-0.4, -0.2) is 28.8 Å². The molecule has 3 aromatic rings. The molecule has 2 N–H and O–H groups in total. The third-order valence-electron chi connectivity index (χ3n) is 6.13. The summed E-state index contributed by atoms with van der Waals surface area (Å²) in [6.07, 6.45) is 2.58. The molecule has 0 bridgehead atoms. The Morgan fingerprint density at radius 2 is 1.86 bits per heavy atom. The molecule has 4 rings (SSSR count). The first-order valence-electron chi connectivity index (χ1n) is 11.7. The minimum atomic E-state index is -0.529. The van der Waals surface area contributed by atoms with Crippen molar-refractivity contribution in [1.29, 1.82) is 5.26 Å². The minimum absolute atomic E-state index is 0.0113. The highest BCUT2D eigenvalue weighted by atomic mass is 16.2. The molecule has 8 nitrogen and oxygen atoms in total. The lowest BCUT2D eigenvalue weighted by molar-refractivity contribution is -0.115. The fourth-order valence-electron chi connectivity index (χ4n) is 4.31. The van der Waals surface area contributed by atoms with Gasteiger partial charge in [0.15, 0.2) is 0 Å².